The maximum absolute atomic E-state index is 8.74. The molecule has 122 valence electrons. The first-order valence-corrected chi connectivity index (χ1v) is 7.56. The van der Waals surface area contributed by atoms with Crippen molar-refractivity contribution in [3.8, 4) is 6.07 Å². The molecule has 0 aliphatic carbocycles. The predicted octanol–water partition coefficient (Wildman–Crippen LogP) is 3.80. The van der Waals surface area contributed by atoms with E-state index in [2.05, 4.69) is 37.1 Å². The van der Waals surface area contributed by atoms with Crippen LogP contribution in [0, 0.1) is 17.2 Å². The summed E-state index contributed by atoms with van der Waals surface area (Å²) in [5, 5.41) is 12.0. The molecule has 0 heterocycles. The number of benzene rings is 1. The molecule has 0 saturated carbocycles. The van der Waals surface area contributed by atoms with E-state index in [1.807, 2.05) is 12.1 Å². The molecule has 1 aromatic carbocycles. The zero-order valence-corrected chi connectivity index (χ0v) is 16.0. The number of nitrogens with one attached hydrogen (secondary N) is 1. The van der Waals surface area contributed by atoms with E-state index in [4.69, 9.17) is 11.0 Å². The summed E-state index contributed by atoms with van der Waals surface area (Å²) in [6, 6.07) is 9.84. The number of nitrogens with zero attached hydrogens (tertiary/aromatic N) is 2. The van der Waals surface area contributed by atoms with Crippen LogP contribution in [0.4, 0.5) is 0 Å². The second kappa shape index (κ2) is 11.3. The van der Waals surface area contributed by atoms with Crippen LogP contribution >= 0.6 is 24.0 Å². The second-order valence-electron chi connectivity index (χ2n) is 5.88. The maximum atomic E-state index is 8.74. The van der Waals surface area contributed by atoms with Gasteiger partial charge in [-0.2, -0.15) is 5.26 Å². The molecule has 5 heteroatoms. The number of nitrogens with two attached hydrogens (primary N) is 1. The molecule has 0 aromatic heterocycles. The fourth-order valence-corrected chi connectivity index (χ4v) is 2.06. The molecule has 1 aromatic rings. The molecular weight excluding hydrogens is 387 g/mol. The topological polar surface area (TPSA) is 74.2 Å². The molecule has 0 bridgehead atoms. The van der Waals surface area contributed by atoms with E-state index in [1.165, 1.54) is 12.8 Å². The number of guanidine groups is 1. The van der Waals surface area contributed by atoms with Gasteiger partial charge in [0.25, 0.3) is 0 Å². The van der Waals surface area contributed by atoms with Crippen molar-refractivity contribution in [2.75, 3.05) is 0 Å². The maximum Gasteiger partial charge on any atom is 0.189 e. The van der Waals surface area contributed by atoms with Gasteiger partial charge in [0.1, 0.15) is 0 Å². The molecule has 0 saturated heterocycles. The third-order valence-corrected chi connectivity index (χ3v) is 3.33. The van der Waals surface area contributed by atoms with Crippen molar-refractivity contribution in [2.45, 2.75) is 52.6 Å². The third-order valence-electron chi connectivity index (χ3n) is 3.33. The van der Waals surface area contributed by atoms with Gasteiger partial charge in [0.2, 0.25) is 0 Å². The molecule has 1 atom stereocenters. The highest BCUT2D eigenvalue weighted by molar-refractivity contribution is 14.0. The van der Waals surface area contributed by atoms with Gasteiger partial charge in [-0.25, -0.2) is 4.99 Å². The van der Waals surface area contributed by atoms with Crippen LogP contribution in [0.3, 0.4) is 0 Å². The number of nitriles is 1. The van der Waals surface area contributed by atoms with Gasteiger partial charge in [-0.05, 0) is 37.0 Å². The monoisotopic (exact) mass is 414 g/mol. The van der Waals surface area contributed by atoms with Crippen molar-refractivity contribution < 1.29 is 0 Å². The molecule has 0 aliphatic rings. The first-order valence-electron chi connectivity index (χ1n) is 7.56. The standard InChI is InChI=1S/C17H26N4.HI/c1-13(2)5-4-6-14(3)21-17(19)20-12-16-9-7-15(11-18)8-10-16;/h7-10,13-14H,4-6,12H2,1-3H3,(H3,19,20,21);1H. The van der Waals surface area contributed by atoms with Gasteiger partial charge < -0.3 is 11.1 Å². The van der Waals surface area contributed by atoms with E-state index in [0.29, 0.717) is 24.1 Å². The van der Waals surface area contributed by atoms with E-state index in [0.717, 1.165) is 17.9 Å². The van der Waals surface area contributed by atoms with E-state index in [-0.39, 0.29) is 24.0 Å². The predicted molar refractivity (Wildman–Crippen MR) is 103 cm³/mol. The zero-order valence-electron chi connectivity index (χ0n) is 13.7. The lowest BCUT2D eigenvalue weighted by atomic mass is 10.0. The summed E-state index contributed by atoms with van der Waals surface area (Å²) in [6.45, 7) is 7.14. The SMILES string of the molecule is CC(C)CCCC(C)NC(N)=NCc1ccc(C#N)cc1.I. The number of aliphatic imine (C=N–C) groups is 1. The number of hydrogen-bond donors (Lipinski definition) is 2. The number of rotatable bonds is 7. The lowest BCUT2D eigenvalue weighted by Crippen LogP contribution is -2.38. The Morgan fingerprint density at radius 3 is 2.41 bits per heavy atom. The van der Waals surface area contributed by atoms with Crippen LogP contribution in [0.25, 0.3) is 0 Å². The van der Waals surface area contributed by atoms with Gasteiger partial charge in [0, 0.05) is 6.04 Å². The van der Waals surface area contributed by atoms with Crippen LogP contribution in [-0.2, 0) is 6.54 Å². The Morgan fingerprint density at radius 2 is 1.86 bits per heavy atom. The summed E-state index contributed by atoms with van der Waals surface area (Å²) in [5.41, 5.74) is 7.60. The zero-order chi connectivity index (χ0) is 15.7. The molecule has 0 spiro atoms. The molecule has 4 nitrogen and oxygen atoms in total. The van der Waals surface area contributed by atoms with Crippen LogP contribution < -0.4 is 11.1 Å². The largest absolute Gasteiger partial charge is 0.370 e. The lowest BCUT2D eigenvalue weighted by Gasteiger charge is -2.15. The minimum atomic E-state index is 0. The highest BCUT2D eigenvalue weighted by Crippen LogP contribution is 2.08. The van der Waals surface area contributed by atoms with Gasteiger partial charge in [-0.3, -0.25) is 0 Å². The van der Waals surface area contributed by atoms with Crippen molar-refractivity contribution >= 4 is 29.9 Å². The first kappa shape index (κ1) is 20.7. The van der Waals surface area contributed by atoms with E-state index < -0.39 is 0 Å². The summed E-state index contributed by atoms with van der Waals surface area (Å²) >= 11 is 0. The van der Waals surface area contributed by atoms with E-state index >= 15 is 0 Å². The summed E-state index contributed by atoms with van der Waals surface area (Å²) in [5.74, 6) is 1.23. The average Bonchev–Trinajstić information content (AvgIpc) is 2.45. The van der Waals surface area contributed by atoms with Crippen molar-refractivity contribution in [1.82, 2.24) is 5.32 Å². The van der Waals surface area contributed by atoms with Crippen LogP contribution in [0.15, 0.2) is 29.3 Å². The van der Waals surface area contributed by atoms with Crippen LogP contribution in [0.1, 0.15) is 51.2 Å². The summed E-state index contributed by atoms with van der Waals surface area (Å²) in [7, 11) is 0. The molecule has 0 fully saturated rings. The van der Waals surface area contributed by atoms with Crippen molar-refractivity contribution in [3.63, 3.8) is 0 Å². The van der Waals surface area contributed by atoms with Gasteiger partial charge >= 0.3 is 0 Å². The second-order valence-corrected chi connectivity index (χ2v) is 5.88. The van der Waals surface area contributed by atoms with Crippen LogP contribution in [-0.4, -0.2) is 12.0 Å². The highest BCUT2D eigenvalue weighted by Gasteiger charge is 2.03. The van der Waals surface area contributed by atoms with Gasteiger partial charge in [-0.15, -0.1) is 24.0 Å². The average molecular weight is 414 g/mol. The molecule has 0 aliphatic heterocycles. The number of halogens is 1. The highest BCUT2D eigenvalue weighted by atomic mass is 127. The molecule has 1 rings (SSSR count). The smallest absolute Gasteiger partial charge is 0.189 e. The van der Waals surface area contributed by atoms with E-state index in [9.17, 15) is 0 Å². The molecule has 0 amide bonds. The lowest BCUT2D eigenvalue weighted by molar-refractivity contribution is 0.493. The molecule has 3 N–H and O–H groups in total. The Kier molecular flexibility index (Phi) is 10.6. The molecule has 0 radical (unpaired) electrons. The molecular formula is C17H27IN4. The minimum Gasteiger partial charge on any atom is -0.370 e. The van der Waals surface area contributed by atoms with Crippen molar-refractivity contribution in [3.05, 3.63) is 35.4 Å². The summed E-state index contributed by atoms with van der Waals surface area (Å²) in [6.07, 6.45) is 3.55. The van der Waals surface area contributed by atoms with Crippen LogP contribution in [0.2, 0.25) is 0 Å². The quantitative estimate of drug-likeness (QED) is 0.405. The Labute approximate surface area is 151 Å². The minimum absolute atomic E-state index is 0. The fraction of sp³-hybridized carbons (Fsp3) is 0.529. The number of hydrogen-bond acceptors (Lipinski definition) is 2. The Morgan fingerprint density at radius 1 is 1.23 bits per heavy atom. The molecule has 1 unspecified atom stereocenters. The van der Waals surface area contributed by atoms with Gasteiger partial charge in [0.15, 0.2) is 5.96 Å². The Balaban J connectivity index is 0.00000441. The van der Waals surface area contributed by atoms with Crippen molar-refractivity contribution in [2.24, 2.45) is 16.6 Å². The Hall–Kier alpha value is -1.29. The van der Waals surface area contributed by atoms with E-state index in [1.54, 1.807) is 12.1 Å². The summed E-state index contributed by atoms with van der Waals surface area (Å²) in [4.78, 5) is 4.33. The van der Waals surface area contributed by atoms with Crippen molar-refractivity contribution in [1.29, 1.82) is 5.26 Å². The normalized spacial score (nSPS) is 12.4. The Bertz CT molecular complexity index is 488. The first-order chi connectivity index (χ1) is 10.0. The fourth-order valence-electron chi connectivity index (χ4n) is 2.06. The van der Waals surface area contributed by atoms with Gasteiger partial charge in [-0.1, -0.05) is 38.8 Å². The van der Waals surface area contributed by atoms with Gasteiger partial charge in [0.05, 0.1) is 18.2 Å². The third kappa shape index (κ3) is 8.88. The van der Waals surface area contributed by atoms with Crippen LogP contribution in [0.5, 0.6) is 0 Å². The summed E-state index contributed by atoms with van der Waals surface area (Å²) < 4.78 is 0. The molecule has 22 heavy (non-hydrogen) atoms.